The van der Waals surface area contributed by atoms with E-state index in [1.807, 2.05) is 11.8 Å². The lowest BCUT2D eigenvalue weighted by Gasteiger charge is -2.16. The average Bonchev–Trinajstić information content (AvgIpc) is 2.92. The number of fused-ring (bicyclic) bond motifs is 1. The summed E-state index contributed by atoms with van der Waals surface area (Å²) in [7, 11) is 0. The Labute approximate surface area is 119 Å². The Bertz CT molecular complexity index is 335. The van der Waals surface area contributed by atoms with Gasteiger partial charge in [0.25, 0.3) is 0 Å². The molecular formula is C14H24N2O2S. The van der Waals surface area contributed by atoms with Crippen molar-refractivity contribution in [2.24, 2.45) is 0 Å². The Kier molecular flexibility index (Phi) is 5.55. The molecular weight excluding hydrogens is 260 g/mol. The zero-order valence-corrected chi connectivity index (χ0v) is 12.4. The first-order valence-electron chi connectivity index (χ1n) is 7.41. The molecule has 2 heterocycles. The summed E-state index contributed by atoms with van der Waals surface area (Å²) < 4.78 is 0. The number of amides is 2. The van der Waals surface area contributed by atoms with Gasteiger partial charge in [-0.25, -0.2) is 4.79 Å². The van der Waals surface area contributed by atoms with Gasteiger partial charge in [0.15, 0.2) is 0 Å². The van der Waals surface area contributed by atoms with Crippen LogP contribution in [0.15, 0.2) is 0 Å². The zero-order chi connectivity index (χ0) is 13.7. The highest BCUT2D eigenvalue weighted by atomic mass is 32.2. The third-order valence-corrected chi connectivity index (χ3v) is 5.45. The van der Waals surface area contributed by atoms with Crippen LogP contribution in [0.4, 0.5) is 4.79 Å². The molecule has 2 aliphatic rings. The van der Waals surface area contributed by atoms with Crippen LogP contribution in [0.5, 0.6) is 0 Å². The van der Waals surface area contributed by atoms with Gasteiger partial charge in [0.2, 0.25) is 0 Å². The molecule has 0 aliphatic carbocycles. The predicted octanol–water partition coefficient (Wildman–Crippen LogP) is 2.47. The van der Waals surface area contributed by atoms with Crippen LogP contribution in [0, 0.1) is 0 Å². The number of hydrogen-bond acceptors (Lipinski definition) is 3. The van der Waals surface area contributed by atoms with Gasteiger partial charge in [-0.15, -0.1) is 0 Å². The van der Waals surface area contributed by atoms with Crippen molar-refractivity contribution in [2.45, 2.75) is 69.2 Å². The van der Waals surface area contributed by atoms with Gasteiger partial charge in [-0.3, -0.25) is 4.79 Å². The molecule has 0 bridgehead atoms. The molecule has 3 unspecified atom stereocenters. The van der Waals surface area contributed by atoms with E-state index in [0.29, 0.717) is 23.1 Å². The third kappa shape index (κ3) is 4.13. The Morgan fingerprint density at radius 2 is 2.05 bits per heavy atom. The molecule has 2 fully saturated rings. The smallest absolute Gasteiger partial charge is 0.315 e. The summed E-state index contributed by atoms with van der Waals surface area (Å²) in [5.74, 6) is 1.43. The largest absolute Gasteiger partial charge is 0.332 e. The first-order chi connectivity index (χ1) is 9.20. The van der Waals surface area contributed by atoms with Crippen LogP contribution in [-0.4, -0.2) is 34.9 Å². The minimum absolute atomic E-state index is 0.0185. The van der Waals surface area contributed by atoms with E-state index in [0.717, 1.165) is 50.7 Å². The Morgan fingerprint density at radius 1 is 1.26 bits per heavy atom. The molecule has 2 aliphatic heterocycles. The maximum Gasteiger partial charge on any atom is 0.315 e. The van der Waals surface area contributed by atoms with Gasteiger partial charge in [-0.1, -0.05) is 19.8 Å². The molecule has 0 spiro atoms. The van der Waals surface area contributed by atoms with Gasteiger partial charge < -0.3 is 10.6 Å². The topological polar surface area (TPSA) is 58.2 Å². The van der Waals surface area contributed by atoms with Crippen molar-refractivity contribution in [3.05, 3.63) is 0 Å². The van der Waals surface area contributed by atoms with Crippen molar-refractivity contribution in [1.29, 1.82) is 0 Å². The van der Waals surface area contributed by atoms with Gasteiger partial charge in [0.05, 0.1) is 12.1 Å². The first kappa shape index (κ1) is 14.7. The summed E-state index contributed by atoms with van der Waals surface area (Å²) in [6, 6.07) is 0.594. The summed E-state index contributed by atoms with van der Waals surface area (Å²) in [6.07, 6.45) is 6.80. The van der Waals surface area contributed by atoms with E-state index in [1.54, 1.807) is 0 Å². The highest BCUT2D eigenvalue weighted by Crippen LogP contribution is 2.33. The van der Waals surface area contributed by atoms with E-state index in [1.165, 1.54) is 0 Å². The van der Waals surface area contributed by atoms with Crippen LogP contribution in [0.3, 0.4) is 0 Å². The monoisotopic (exact) mass is 284 g/mol. The van der Waals surface area contributed by atoms with E-state index < -0.39 is 0 Å². The molecule has 0 radical (unpaired) electrons. The lowest BCUT2D eigenvalue weighted by molar-refractivity contribution is -0.119. The van der Waals surface area contributed by atoms with Crippen LogP contribution in [0.2, 0.25) is 0 Å². The standard InChI is InChI=1S/C14H24N2O2S/c1-2-3-6-10(17)7-4-5-8-12-13-11(9-19-12)15-14(18)16-13/h11-13H,2-9H2,1H3,(H2,15,16,18). The molecule has 2 saturated heterocycles. The van der Waals surface area contributed by atoms with E-state index in [-0.39, 0.29) is 6.03 Å². The lowest BCUT2D eigenvalue weighted by Crippen LogP contribution is -2.36. The quantitative estimate of drug-likeness (QED) is 0.532. The Morgan fingerprint density at radius 3 is 2.84 bits per heavy atom. The second-order valence-electron chi connectivity index (χ2n) is 5.51. The Balaban J connectivity index is 1.59. The molecule has 3 atom stereocenters. The highest BCUT2D eigenvalue weighted by molar-refractivity contribution is 8.00. The molecule has 0 aromatic carbocycles. The molecule has 4 nitrogen and oxygen atoms in total. The van der Waals surface area contributed by atoms with E-state index >= 15 is 0 Å². The second-order valence-corrected chi connectivity index (χ2v) is 6.78. The number of rotatable bonds is 8. The number of thioether (sulfide) groups is 1. The first-order valence-corrected chi connectivity index (χ1v) is 8.46. The predicted molar refractivity (Wildman–Crippen MR) is 78.5 cm³/mol. The van der Waals surface area contributed by atoms with Crippen molar-refractivity contribution >= 4 is 23.6 Å². The minimum atomic E-state index is -0.0185. The summed E-state index contributed by atoms with van der Waals surface area (Å²) >= 11 is 1.95. The summed E-state index contributed by atoms with van der Waals surface area (Å²) in [5, 5.41) is 6.48. The molecule has 0 aromatic heterocycles. The summed E-state index contributed by atoms with van der Waals surface area (Å²) in [4.78, 5) is 22.8. The SMILES string of the molecule is CCCCC(=O)CCCCC1SCC2NC(=O)NC21. The maximum atomic E-state index is 11.6. The van der Waals surface area contributed by atoms with Crippen molar-refractivity contribution in [3.63, 3.8) is 0 Å². The second kappa shape index (κ2) is 7.17. The number of carbonyl (C=O) groups excluding carboxylic acids is 2. The summed E-state index contributed by atoms with van der Waals surface area (Å²) in [5.41, 5.74) is 0. The number of nitrogens with one attached hydrogen (secondary N) is 2. The van der Waals surface area contributed by atoms with Crippen LogP contribution < -0.4 is 10.6 Å². The average molecular weight is 284 g/mol. The number of unbranched alkanes of at least 4 members (excludes halogenated alkanes) is 2. The molecule has 0 saturated carbocycles. The molecule has 2 rings (SSSR count). The van der Waals surface area contributed by atoms with E-state index in [9.17, 15) is 9.59 Å². The summed E-state index contributed by atoms with van der Waals surface area (Å²) in [6.45, 7) is 2.12. The van der Waals surface area contributed by atoms with Gasteiger partial charge >= 0.3 is 6.03 Å². The number of Topliss-reactive ketones (excluding diaryl/α,β-unsaturated/α-hetero) is 1. The van der Waals surface area contributed by atoms with Crippen LogP contribution in [0.1, 0.15) is 51.9 Å². The number of hydrogen-bond donors (Lipinski definition) is 2. The third-order valence-electron chi connectivity index (χ3n) is 3.94. The fourth-order valence-corrected chi connectivity index (χ4v) is 4.35. The normalized spacial score (nSPS) is 28.9. The van der Waals surface area contributed by atoms with E-state index in [4.69, 9.17) is 0 Å². The van der Waals surface area contributed by atoms with Crippen molar-refractivity contribution in [3.8, 4) is 0 Å². The molecule has 19 heavy (non-hydrogen) atoms. The zero-order valence-electron chi connectivity index (χ0n) is 11.6. The van der Waals surface area contributed by atoms with Crippen LogP contribution >= 0.6 is 11.8 Å². The lowest BCUT2D eigenvalue weighted by atomic mass is 10.0. The fraction of sp³-hybridized carbons (Fsp3) is 0.857. The highest BCUT2D eigenvalue weighted by Gasteiger charge is 2.42. The Hall–Kier alpha value is -0.710. The number of ketones is 1. The van der Waals surface area contributed by atoms with Crippen LogP contribution in [0.25, 0.3) is 0 Å². The molecule has 0 aromatic rings. The van der Waals surface area contributed by atoms with Gasteiger partial charge in [-0.05, 0) is 19.3 Å². The van der Waals surface area contributed by atoms with Crippen LogP contribution in [-0.2, 0) is 4.79 Å². The van der Waals surface area contributed by atoms with Gasteiger partial charge in [0.1, 0.15) is 5.78 Å². The maximum absolute atomic E-state index is 11.6. The number of urea groups is 1. The molecule has 108 valence electrons. The van der Waals surface area contributed by atoms with Crippen molar-refractivity contribution < 1.29 is 9.59 Å². The molecule has 2 N–H and O–H groups in total. The molecule has 5 heteroatoms. The van der Waals surface area contributed by atoms with Crippen molar-refractivity contribution in [2.75, 3.05) is 5.75 Å². The van der Waals surface area contributed by atoms with Gasteiger partial charge in [-0.2, -0.15) is 11.8 Å². The molecule has 2 amide bonds. The van der Waals surface area contributed by atoms with Crippen molar-refractivity contribution in [1.82, 2.24) is 10.6 Å². The number of carbonyl (C=O) groups is 2. The van der Waals surface area contributed by atoms with Gasteiger partial charge in [0, 0.05) is 23.8 Å². The fourth-order valence-electron chi connectivity index (χ4n) is 2.81. The minimum Gasteiger partial charge on any atom is -0.332 e. The van der Waals surface area contributed by atoms with E-state index in [2.05, 4.69) is 17.6 Å².